The van der Waals surface area contributed by atoms with Crippen molar-refractivity contribution in [2.75, 3.05) is 0 Å². The third-order valence-electron chi connectivity index (χ3n) is 10.7. The van der Waals surface area contributed by atoms with Crippen molar-refractivity contribution >= 4 is 11.6 Å². The number of hydrogen-bond donors (Lipinski definition) is 0. The van der Waals surface area contributed by atoms with E-state index in [9.17, 15) is 0 Å². The molecule has 0 saturated carbocycles. The van der Waals surface area contributed by atoms with Gasteiger partial charge in [0.25, 0.3) is 0 Å². The van der Waals surface area contributed by atoms with Crippen molar-refractivity contribution in [1.29, 1.82) is 0 Å². The Labute approximate surface area is 340 Å². The molecule has 0 N–H and O–H groups in total. The maximum atomic E-state index is 8.15. The maximum Gasteiger partial charge on any atom is 0.186 e. The Morgan fingerprint density at radius 1 is 0.316 bits per heavy atom. The van der Waals surface area contributed by atoms with Crippen molar-refractivity contribution in [2.24, 2.45) is 0 Å². The molecule has 57 heavy (non-hydrogen) atoms. The van der Waals surface area contributed by atoms with Crippen LogP contribution in [0.5, 0.6) is 5.75 Å². The Hall–Kier alpha value is -6.93. The fourth-order valence-corrected chi connectivity index (χ4v) is 8.25. The van der Waals surface area contributed by atoms with Crippen LogP contribution in [0.25, 0.3) is 55.6 Å². The van der Waals surface area contributed by atoms with Crippen molar-refractivity contribution in [2.45, 2.75) is 5.60 Å². The number of hydrogen-bond acceptors (Lipinski definition) is 1. The van der Waals surface area contributed by atoms with E-state index < -0.39 is 5.60 Å². The molecular formula is C55H39ClO. The van der Waals surface area contributed by atoms with Crippen LogP contribution in [0.3, 0.4) is 0 Å². The van der Waals surface area contributed by atoms with E-state index in [-0.39, 0.29) is 0 Å². The van der Waals surface area contributed by atoms with Crippen molar-refractivity contribution in [3.63, 3.8) is 0 Å². The number of rotatable bonds is 10. The first kappa shape index (κ1) is 35.8. The molecule has 9 aromatic carbocycles. The van der Waals surface area contributed by atoms with Crippen molar-refractivity contribution in [3.8, 4) is 61.4 Å². The van der Waals surface area contributed by atoms with Gasteiger partial charge in [0.2, 0.25) is 0 Å². The van der Waals surface area contributed by atoms with E-state index >= 15 is 0 Å². The molecule has 0 heterocycles. The Balaban J connectivity index is 1.45. The zero-order chi connectivity index (χ0) is 38.4. The van der Waals surface area contributed by atoms with Crippen molar-refractivity contribution < 1.29 is 4.74 Å². The zero-order valence-corrected chi connectivity index (χ0v) is 32.1. The second-order valence-corrected chi connectivity index (χ2v) is 14.5. The summed E-state index contributed by atoms with van der Waals surface area (Å²) < 4.78 is 8.15. The van der Waals surface area contributed by atoms with Gasteiger partial charge in [-0.05, 0) is 56.6 Å². The van der Waals surface area contributed by atoms with Crippen LogP contribution in [-0.2, 0) is 5.60 Å². The highest BCUT2D eigenvalue weighted by Crippen LogP contribution is 2.54. The lowest BCUT2D eigenvalue weighted by Crippen LogP contribution is -2.37. The zero-order valence-electron chi connectivity index (χ0n) is 31.3. The number of ether oxygens (including phenoxy) is 1. The fourth-order valence-electron chi connectivity index (χ4n) is 7.99. The standard InChI is InChI=1S/C55H39ClO/c56-51-34-20-19-33-50(51)55(46-29-15-5-16-30-46,47-31-17-6-18-32-47)57-54-52(44-25-11-3-12-26-44)48(42-23-9-2-10-24-42)39-49(53(54)45-27-13-4-14-28-45)43-37-35-41(36-38-43)40-21-7-1-8-22-40/h1-39H. The molecule has 9 aromatic rings. The average molecular weight is 751 g/mol. The van der Waals surface area contributed by atoms with Gasteiger partial charge in [0, 0.05) is 32.8 Å². The Morgan fingerprint density at radius 2 is 0.649 bits per heavy atom. The van der Waals surface area contributed by atoms with Gasteiger partial charge >= 0.3 is 0 Å². The topological polar surface area (TPSA) is 9.23 Å². The van der Waals surface area contributed by atoms with Crippen LogP contribution in [0.15, 0.2) is 237 Å². The Bertz CT molecular complexity index is 2670. The quantitative estimate of drug-likeness (QED) is 0.126. The molecule has 1 nitrogen and oxygen atoms in total. The molecule has 0 saturated heterocycles. The van der Waals surface area contributed by atoms with Crippen LogP contribution >= 0.6 is 11.6 Å². The van der Waals surface area contributed by atoms with Gasteiger partial charge in [0.05, 0.1) is 0 Å². The molecule has 0 radical (unpaired) electrons. The molecule has 0 unspecified atom stereocenters. The third kappa shape index (κ3) is 6.95. The monoisotopic (exact) mass is 750 g/mol. The molecule has 0 aromatic heterocycles. The minimum Gasteiger partial charge on any atom is -0.472 e. The lowest BCUT2D eigenvalue weighted by molar-refractivity contribution is 0.157. The van der Waals surface area contributed by atoms with Gasteiger partial charge in [-0.2, -0.15) is 0 Å². The van der Waals surface area contributed by atoms with E-state index in [2.05, 4.69) is 206 Å². The summed E-state index contributed by atoms with van der Waals surface area (Å²) >= 11 is 7.33. The van der Waals surface area contributed by atoms with Crippen LogP contribution in [0.4, 0.5) is 0 Å². The average Bonchev–Trinajstić information content (AvgIpc) is 3.30. The molecule has 0 bridgehead atoms. The van der Waals surface area contributed by atoms with Crippen LogP contribution < -0.4 is 4.74 Å². The second-order valence-electron chi connectivity index (χ2n) is 14.1. The highest BCUT2D eigenvalue weighted by molar-refractivity contribution is 6.31. The van der Waals surface area contributed by atoms with Gasteiger partial charge < -0.3 is 4.74 Å². The lowest BCUT2D eigenvalue weighted by atomic mass is 9.79. The summed E-state index contributed by atoms with van der Waals surface area (Å²) in [6, 6.07) is 82.7. The van der Waals surface area contributed by atoms with Crippen molar-refractivity contribution in [3.05, 3.63) is 258 Å². The molecule has 2 heteroatoms. The second kappa shape index (κ2) is 16.0. The Kier molecular flexibility index (Phi) is 10.1. The largest absolute Gasteiger partial charge is 0.472 e. The molecule has 9 rings (SSSR count). The predicted molar refractivity (Wildman–Crippen MR) is 238 cm³/mol. The van der Waals surface area contributed by atoms with E-state index in [1.165, 1.54) is 5.56 Å². The summed E-state index contributed by atoms with van der Waals surface area (Å²) in [5.74, 6) is 0.753. The molecule has 0 aliphatic heterocycles. The van der Waals surface area contributed by atoms with Gasteiger partial charge in [0.15, 0.2) is 5.60 Å². The molecule has 272 valence electrons. The third-order valence-corrected chi connectivity index (χ3v) is 11.0. The molecule has 0 spiro atoms. The van der Waals surface area contributed by atoms with E-state index in [0.29, 0.717) is 5.02 Å². The molecular weight excluding hydrogens is 712 g/mol. The lowest BCUT2D eigenvalue weighted by Gasteiger charge is -2.39. The molecule has 0 aliphatic rings. The van der Waals surface area contributed by atoms with Crippen LogP contribution in [0, 0.1) is 0 Å². The molecule has 0 fully saturated rings. The molecule has 0 atom stereocenters. The van der Waals surface area contributed by atoms with Crippen LogP contribution in [-0.4, -0.2) is 0 Å². The van der Waals surface area contributed by atoms with E-state index in [1.807, 2.05) is 30.3 Å². The summed E-state index contributed by atoms with van der Waals surface area (Å²) in [5.41, 5.74) is 12.3. The van der Waals surface area contributed by atoms with E-state index in [1.54, 1.807) is 0 Å². The summed E-state index contributed by atoms with van der Waals surface area (Å²) in [6.45, 7) is 0. The Morgan fingerprint density at radius 3 is 1.11 bits per heavy atom. The minimum absolute atomic E-state index is 0.615. The molecule has 0 aliphatic carbocycles. The molecule has 0 amide bonds. The first-order valence-electron chi connectivity index (χ1n) is 19.3. The fraction of sp³-hybridized carbons (Fsp3) is 0.0182. The summed E-state index contributed by atoms with van der Waals surface area (Å²) in [4.78, 5) is 0. The van der Waals surface area contributed by atoms with Crippen LogP contribution in [0.2, 0.25) is 5.02 Å². The van der Waals surface area contributed by atoms with Gasteiger partial charge in [-0.15, -0.1) is 0 Å². The van der Waals surface area contributed by atoms with E-state index in [0.717, 1.165) is 72.5 Å². The van der Waals surface area contributed by atoms with Gasteiger partial charge in [0.1, 0.15) is 5.75 Å². The highest BCUT2D eigenvalue weighted by Gasteiger charge is 2.42. The minimum atomic E-state index is -1.17. The summed E-state index contributed by atoms with van der Waals surface area (Å²) in [6.07, 6.45) is 0. The van der Waals surface area contributed by atoms with Crippen LogP contribution in [0.1, 0.15) is 16.7 Å². The smallest absolute Gasteiger partial charge is 0.186 e. The van der Waals surface area contributed by atoms with E-state index in [4.69, 9.17) is 16.3 Å². The first-order valence-corrected chi connectivity index (χ1v) is 19.7. The SMILES string of the molecule is Clc1ccccc1C(Oc1c(-c2ccccc2)c(-c2ccccc2)cc(-c2ccc(-c3ccccc3)cc2)c1-c1ccccc1)(c1ccccc1)c1ccccc1. The van der Waals surface area contributed by atoms with Gasteiger partial charge in [-0.3, -0.25) is 0 Å². The van der Waals surface area contributed by atoms with Crippen molar-refractivity contribution in [1.82, 2.24) is 0 Å². The van der Waals surface area contributed by atoms with Gasteiger partial charge in [-0.25, -0.2) is 0 Å². The number of halogens is 1. The normalized spacial score (nSPS) is 11.2. The maximum absolute atomic E-state index is 8.15. The number of benzene rings is 9. The summed E-state index contributed by atoms with van der Waals surface area (Å²) in [5, 5.41) is 0.615. The van der Waals surface area contributed by atoms with Gasteiger partial charge in [-0.1, -0.05) is 236 Å². The highest BCUT2D eigenvalue weighted by atomic mass is 35.5. The predicted octanol–water partition coefficient (Wildman–Crippen LogP) is 15.0. The summed E-state index contributed by atoms with van der Waals surface area (Å²) in [7, 11) is 0. The first-order chi connectivity index (χ1) is 28.2.